The van der Waals surface area contributed by atoms with Crippen molar-refractivity contribution in [2.45, 2.75) is 6.54 Å². The van der Waals surface area contributed by atoms with Gasteiger partial charge in [-0.2, -0.15) is 0 Å². The van der Waals surface area contributed by atoms with Gasteiger partial charge < -0.3 is 14.5 Å². The van der Waals surface area contributed by atoms with Gasteiger partial charge in [-0.15, -0.1) is 0 Å². The third-order valence-corrected chi connectivity index (χ3v) is 5.19. The fraction of sp³-hybridized carbons (Fsp3) is 0.273. The second kappa shape index (κ2) is 10.0. The van der Waals surface area contributed by atoms with Crippen LogP contribution < -0.4 is 15.0 Å². The highest BCUT2D eigenvalue weighted by Gasteiger charge is 2.22. The van der Waals surface area contributed by atoms with Crippen LogP contribution in [0.25, 0.3) is 6.08 Å². The second-order valence-corrected chi connectivity index (χ2v) is 7.19. The number of ether oxygens (including phenoxy) is 1. The summed E-state index contributed by atoms with van der Waals surface area (Å²) in [5.74, 6) is 0.580. The van der Waals surface area contributed by atoms with Gasteiger partial charge in [-0.25, -0.2) is 0 Å². The van der Waals surface area contributed by atoms with Crippen molar-refractivity contribution in [1.29, 1.82) is 0 Å². The van der Waals surface area contributed by atoms with Crippen LogP contribution in [0, 0.1) is 0 Å². The summed E-state index contributed by atoms with van der Waals surface area (Å²) < 4.78 is 5.13. The Labute approximate surface area is 171 Å². The van der Waals surface area contributed by atoms with E-state index in [4.69, 9.17) is 17.0 Å². The standard InChI is InChI=1S/C22H25N3O2S/c1-27-20-10-7-18(8-11-20)9-12-21(26)23-22(28)25-15-13-24(14-16-25)17-19-5-3-2-4-6-19/h2-12H,13-17H2,1H3,(H,23,26,28)/p+1/b12-9+. The highest BCUT2D eigenvalue weighted by molar-refractivity contribution is 7.80. The van der Waals surface area contributed by atoms with Gasteiger partial charge >= 0.3 is 0 Å². The Balaban J connectivity index is 1.43. The largest absolute Gasteiger partial charge is 0.497 e. The quantitative estimate of drug-likeness (QED) is 0.594. The maximum absolute atomic E-state index is 12.2. The molecule has 1 aliphatic rings. The number of piperazine rings is 1. The molecule has 146 valence electrons. The van der Waals surface area contributed by atoms with E-state index in [0.717, 1.165) is 44.0 Å². The van der Waals surface area contributed by atoms with Crippen LogP contribution in [0.15, 0.2) is 60.7 Å². The van der Waals surface area contributed by atoms with Crippen LogP contribution in [0.3, 0.4) is 0 Å². The van der Waals surface area contributed by atoms with Crippen molar-refractivity contribution in [3.8, 4) is 5.75 Å². The number of amides is 1. The van der Waals surface area contributed by atoms with E-state index >= 15 is 0 Å². The summed E-state index contributed by atoms with van der Waals surface area (Å²) in [4.78, 5) is 15.8. The number of carbonyl (C=O) groups excluding carboxylic acids is 1. The van der Waals surface area contributed by atoms with Gasteiger partial charge in [0.05, 0.1) is 33.3 Å². The average Bonchev–Trinajstić information content (AvgIpc) is 2.74. The molecule has 0 radical (unpaired) electrons. The number of quaternary nitrogens is 1. The van der Waals surface area contributed by atoms with Crippen LogP contribution in [0.2, 0.25) is 0 Å². The Morgan fingerprint density at radius 1 is 1.14 bits per heavy atom. The summed E-state index contributed by atoms with van der Waals surface area (Å²) >= 11 is 5.42. The Morgan fingerprint density at radius 3 is 2.46 bits per heavy atom. The van der Waals surface area contributed by atoms with E-state index < -0.39 is 0 Å². The van der Waals surface area contributed by atoms with E-state index in [9.17, 15) is 4.79 Å². The minimum Gasteiger partial charge on any atom is -0.497 e. The number of benzene rings is 2. The predicted octanol–water partition coefficient (Wildman–Crippen LogP) is 1.51. The zero-order valence-electron chi connectivity index (χ0n) is 16.1. The third kappa shape index (κ3) is 5.90. The lowest BCUT2D eigenvalue weighted by Crippen LogP contribution is -3.13. The van der Waals surface area contributed by atoms with Crippen molar-refractivity contribution in [3.63, 3.8) is 0 Å². The van der Waals surface area contributed by atoms with Gasteiger partial charge in [0.15, 0.2) is 5.11 Å². The second-order valence-electron chi connectivity index (χ2n) is 6.80. The molecule has 3 rings (SSSR count). The van der Waals surface area contributed by atoms with Gasteiger partial charge in [-0.1, -0.05) is 42.5 Å². The van der Waals surface area contributed by atoms with Crippen LogP contribution in [0.4, 0.5) is 0 Å². The van der Waals surface area contributed by atoms with E-state index in [1.54, 1.807) is 13.2 Å². The summed E-state index contributed by atoms with van der Waals surface area (Å²) in [5, 5.41) is 3.31. The van der Waals surface area contributed by atoms with Gasteiger partial charge in [-0.3, -0.25) is 10.1 Å². The summed E-state index contributed by atoms with van der Waals surface area (Å²) in [6.45, 7) is 4.74. The van der Waals surface area contributed by atoms with Crippen molar-refractivity contribution in [2.24, 2.45) is 0 Å². The summed E-state index contributed by atoms with van der Waals surface area (Å²) in [5.41, 5.74) is 2.28. The van der Waals surface area contributed by atoms with Crippen molar-refractivity contribution in [2.75, 3.05) is 33.3 Å². The summed E-state index contributed by atoms with van der Waals surface area (Å²) in [7, 11) is 1.63. The van der Waals surface area contributed by atoms with Crippen LogP contribution in [0.5, 0.6) is 5.75 Å². The topological polar surface area (TPSA) is 46.0 Å². The number of thiocarbonyl (C=S) groups is 1. The fourth-order valence-electron chi connectivity index (χ4n) is 3.20. The first-order valence-corrected chi connectivity index (χ1v) is 9.84. The first-order valence-electron chi connectivity index (χ1n) is 9.43. The number of hydrogen-bond donors (Lipinski definition) is 2. The zero-order chi connectivity index (χ0) is 19.8. The van der Waals surface area contributed by atoms with E-state index in [0.29, 0.717) is 5.11 Å². The van der Waals surface area contributed by atoms with Crippen molar-refractivity contribution in [1.82, 2.24) is 10.2 Å². The maximum Gasteiger partial charge on any atom is 0.250 e. The van der Waals surface area contributed by atoms with Crippen molar-refractivity contribution >= 4 is 29.3 Å². The predicted molar refractivity (Wildman–Crippen MR) is 115 cm³/mol. The molecule has 0 aromatic heterocycles. The number of rotatable bonds is 5. The van der Waals surface area contributed by atoms with Crippen molar-refractivity contribution in [3.05, 3.63) is 71.8 Å². The van der Waals surface area contributed by atoms with Gasteiger partial charge in [0.25, 0.3) is 0 Å². The molecule has 0 spiro atoms. The van der Waals surface area contributed by atoms with Gasteiger partial charge in [-0.05, 0) is 36.0 Å². The van der Waals surface area contributed by atoms with Gasteiger partial charge in [0.1, 0.15) is 12.3 Å². The number of methoxy groups -OCH3 is 1. The lowest BCUT2D eigenvalue weighted by Gasteiger charge is -2.33. The summed E-state index contributed by atoms with van der Waals surface area (Å²) in [6, 6.07) is 18.0. The first kappa shape index (κ1) is 20.0. The normalized spacial score (nSPS) is 14.8. The van der Waals surface area contributed by atoms with E-state index in [1.807, 2.05) is 30.3 Å². The molecular weight excluding hydrogens is 370 g/mol. The minimum atomic E-state index is -0.208. The monoisotopic (exact) mass is 396 g/mol. The Morgan fingerprint density at radius 2 is 1.82 bits per heavy atom. The van der Waals surface area contributed by atoms with Crippen LogP contribution >= 0.6 is 12.2 Å². The summed E-state index contributed by atoms with van der Waals surface area (Å²) in [6.07, 6.45) is 3.27. The Kier molecular flexibility index (Phi) is 7.17. The molecule has 28 heavy (non-hydrogen) atoms. The number of nitrogens with one attached hydrogen (secondary N) is 2. The molecule has 0 atom stereocenters. The van der Waals surface area contributed by atoms with E-state index in [1.165, 1.54) is 16.5 Å². The molecule has 1 heterocycles. The molecule has 0 unspecified atom stereocenters. The molecular formula is C22H26N3O2S+. The number of hydrogen-bond acceptors (Lipinski definition) is 3. The SMILES string of the molecule is COc1ccc(/C=C/C(=O)NC(=S)N2CC[NH+](Cc3ccccc3)CC2)cc1. The zero-order valence-corrected chi connectivity index (χ0v) is 16.9. The minimum absolute atomic E-state index is 0.208. The Bertz CT molecular complexity index is 813. The van der Waals surface area contributed by atoms with Gasteiger partial charge in [0, 0.05) is 11.6 Å². The highest BCUT2D eigenvalue weighted by atomic mass is 32.1. The third-order valence-electron chi connectivity index (χ3n) is 4.83. The highest BCUT2D eigenvalue weighted by Crippen LogP contribution is 2.12. The number of carbonyl (C=O) groups is 1. The van der Waals surface area contributed by atoms with Crippen molar-refractivity contribution < 1.29 is 14.4 Å². The molecule has 0 bridgehead atoms. The molecule has 5 nitrogen and oxygen atoms in total. The lowest BCUT2D eigenvalue weighted by molar-refractivity contribution is -0.917. The molecule has 2 aromatic rings. The van der Waals surface area contributed by atoms with Crippen LogP contribution in [0.1, 0.15) is 11.1 Å². The molecule has 1 fully saturated rings. The maximum atomic E-state index is 12.2. The molecule has 0 aliphatic carbocycles. The van der Waals surface area contributed by atoms with Gasteiger partial charge in [0.2, 0.25) is 5.91 Å². The Hall–Kier alpha value is -2.70. The molecule has 1 aliphatic heterocycles. The molecule has 2 N–H and O–H groups in total. The molecule has 2 aromatic carbocycles. The molecule has 0 saturated carbocycles. The lowest BCUT2D eigenvalue weighted by atomic mass is 10.2. The molecule has 1 saturated heterocycles. The average molecular weight is 397 g/mol. The van der Waals surface area contributed by atoms with Crippen LogP contribution in [-0.2, 0) is 11.3 Å². The molecule has 6 heteroatoms. The van der Waals surface area contributed by atoms with E-state index in [-0.39, 0.29) is 5.91 Å². The fourth-order valence-corrected chi connectivity index (χ4v) is 3.48. The van der Waals surface area contributed by atoms with Crippen LogP contribution in [-0.4, -0.2) is 49.2 Å². The first-order chi connectivity index (χ1) is 13.6. The smallest absolute Gasteiger partial charge is 0.250 e. The molecule has 1 amide bonds. The van der Waals surface area contributed by atoms with E-state index in [2.05, 4.69) is 34.5 Å². The number of nitrogens with zero attached hydrogens (tertiary/aromatic N) is 1.